The largest absolute Gasteiger partial charge is 0.346 e. The van der Waals surface area contributed by atoms with Crippen molar-refractivity contribution < 1.29 is 9.59 Å². The van der Waals surface area contributed by atoms with Gasteiger partial charge >= 0.3 is 0 Å². The zero-order valence-corrected chi connectivity index (χ0v) is 18.9. The lowest BCUT2D eigenvalue weighted by molar-refractivity contribution is -0.119. The van der Waals surface area contributed by atoms with Gasteiger partial charge in [0.1, 0.15) is 0 Å². The van der Waals surface area contributed by atoms with Crippen LogP contribution in [0.1, 0.15) is 34.5 Å². The van der Waals surface area contributed by atoms with Crippen molar-refractivity contribution >= 4 is 42.5 Å². The fourth-order valence-corrected chi connectivity index (χ4v) is 3.43. The molecule has 31 heavy (non-hydrogen) atoms. The number of thiol groups is 1. The van der Waals surface area contributed by atoms with Gasteiger partial charge < -0.3 is 10.6 Å². The molecule has 0 spiro atoms. The van der Waals surface area contributed by atoms with Gasteiger partial charge in [-0.15, -0.1) is 12.4 Å². The van der Waals surface area contributed by atoms with E-state index in [0.717, 1.165) is 11.1 Å². The van der Waals surface area contributed by atoms with Crippen LogP contribution in [0.2, 0.25) is 0 Å². The number of benzene rings is 2. The van der Waals surface area contributed by atoms with Crippen molar-refractivity contribution in [2.45, 2.75) is 19.4 Å². The molecular weight excluding hydrogens is 430 g/mol. The molecule has 2 aromatic carbocycles. The summed E-state index contributed by atoms with van der Waals surface area (Å²) in [5.41, 5.74) is 3.13. The smallest absolute Gasteiger partial charge is 0.251 e. The van der Waals surface area contributed by atoms with Crippen LogP contribution in [0.4, 0.5) is 5.69 Å². The third-order valence-electron chi connectivity index (χ3n) is 4.86. The Morgan fingerprint density at radius 1 is 1.00 bits per heavy atom. The Hall–Kier alpha value is -2.83. The van der Waals surface area contributed by atoms with Crippen LogP contribution in [0.25, 0.3) is 0 Å². The minimum absolute atomic E-state index is 0. The van der Waals surface area contributed by atoms with E-state index in [1.54, 1.807) is 36.7 Å². The zero-order valence-electron chi connectivity index (χ0n) is 17.2. The second kappa shape index (κ2) is 12.1. The number of halogens is 1. The van der Waals surface area contributed by atoms with E-state index >= 15 is 0 Å². The Bertz CT molecular complexity index is 986. The zero-order chi connectivity index (χ0) is 21.3. The van der Waals surface area contributed by atoms with Gasteiger partial charge in [-0.1, -0.05) is 36.4 Å². The molecule has 0 saturated carbocycles. The number of pyridine rings is 1. The number of rotatable bonds is 8. The van der Waals surface area contributed by atoms with E-state index in [4.69, 9.17) is 0 Å². The fourth-order valence-electron chi connectivity index (χ4n) is 3.14. The van der Waals surface area contributed by atoms with E-state index in [1.807, 2.05) is 49.4 Å². The number of anilines is 1. The first-order chi connectivity index (χ1) is 14.6. The van der Waals surface area contributed by atoms with E-state index in [0.29, 0.717) is 23.4 Å². The molecule has 0 fully saturated rings. The van der Waals surface area contributed by atoms with Gasteiger partial charge in [0.2, 0.25) is 5.91 Å². The van der Waals surface area contributed by atoms with Crippen molar-refractivity contribution in [1.82, 2.24) is 10.3 Å². The van der Waals surface area contributed by atoms with E-state index in [-0.39, 0.29) is 36.2 Å². The molecule has 1 heterocycles. The molecule has 0 aliphatic rings. The minimum Gasteiger partial charge on any atom is -0.346 e. The SMILES string of the molecule is CC(NC(=O)c1cccc(NC(=O)C(CS)Cc2ccccc2)c1)c1ccncc1.Cl. The first-order valence-corrected chi connectivity index (χ1v) is 10.5. The van der Waals surface area contributed by atoms with Crippen molar-refractivity contribution in [2.24, 2.45) is 5.92 Å². The average Bonchev–Trinajstić information content (AvgIpc) is 2.78. The van der Waals surface area contributed by atoms with Crippen LogP contribution >= 0.6 is 25.0 Å². The normalized spacial score (nSPS) is 12.2. The highest BCUT2D eigenvalue weighted by Gasteiger charge is 2.18. The predicted octanol–water partition coefficient (Wildman–Crippen LogP) is 4.72. The molecule has 2 amide bonds. The van der Waals surface area contributed by atoms with Gasteiger partial charge in [-0.05, 0) is 54.8 Å². The maximum atomic E-state index is 12.7. The highest BCUT2D eigenvalue weighted by Crippen LogP contribution is 2.17. The van der Waals surface area contributed by atoms with Gasteiger partial charge in [0.05, 0.1) is 12.0 Å². The third-order valence-corrected chi connectivity index (χ3v) is 5.30. The van der Waals surface area contributed by atoms with Gasteiger partial charge in [-0.2, -0.15) is 12.6 Å². The van der Waals surface area contributed by atoms with E-state index in [9.17, 15) is 9.59 Å². The van der Waals surface area contributed by atoms with Crippen LogP contribution in [0, 0.1) is 5.92 Å². The first kappa shape index (κ1) is 24.4. The van der Waals surface area contributed by atoms with Crippen LogP contribution in [0.5, 0.6) is 0 Å². The maximum Gasteiger partial charge on any atom is 0.251 e. The summed E-state index contributed by atoms with van der Waals surface area (Å²) in [7, 11) is 0. The van der Waals surface area contributed by atoms with Gasteiger partial charge in [-0.3, -0.25) is 14.6 Å². The third kappa shape index (κ3) is 7.12. The summed E-state index contributed by atoms with van der Waals surface area (Å²) >= 11 is 4.35. The molecule has 2 unspecified atom stereocenters. The van der Waals surface area contributed by atoms with Gasteiger partial charge in [0.15, 0.2) is 0 Å². The Balaban J connectivity index is 0.00000341. The summed E-state index contributed by atoms with van der Waals surface area (Å²) < 4.78 is 0. The standard InChI is InChI=1S/C24H25N3O2S.ClH/c1-17(19-10-12-25-13-11-19)26-23(28)20-8-5-9-22(15-20)27-24(29)21(16-30)14-18-6-3-2-4-7-18;/h2-13,15,17,21,30H,14,16H2,1H3,(H,26,28)(H,27,29);1H. The average molecular weight is 456 g/mol. The van der Waals surface area contributed by atoms with Gasteiger partial charge in [0.25, 0.3) is 5.91 Å². The molecule has 2 N–H and O–H groups in total. The highest BCUT2D eigenvalue weighted by molar-refractivity contribution is 7.80. The van der Waals surface area contributed by atoms with Gasteiger partial charge in [0, 0.05) is 29.4 Å². The Morgan fingerprint density at radius 3 is 2.39 bits per heavy atom. The number of nitrogens with zero attached hydrogens (tertiary/aromatic N) is 1. The number of nitrogens with one attached hydrogen (secondary N) is 2. The summed E-state index contributed by atoms with van der Waals surface area (Å²) in [5, 5.41) is 5.89. The second-order valence-corrected chi connectivity index (χ2v) is 7.48. The number of carbonyl (C=O) groups excluding carboxylic acids is 2. The van der Waals surface area contributed by atoms with E-state index in [1.165, 1.54) is 0 Å². The van der Waals surface area contributed by atoms with Gasteiger partial charge in [-0.25, -0.2) is 0 Å². The van der Waals surface area contributed by atoms with Crippen LogP contribution in [-0.4, -0.2) is 22.6 Å². The summed E-state index contributed by atoms with van der Waals surface area (Å²) in [6, 6.07) is 20.4. The lowest BCUT2D eigenvalue weighted by Crippen LogP contribution is -2.28. The number of amides is 2. The van der Waals surface area contributed by atoms with Crippen molar-refractivity contribution in [3.05, 3.63) is 95.8 Å². The van der Waals surface area contributed by atoms with Crippen LogP contribution < -0.4 is 10.6 Å². The molecule has 3 rings (SSSR count). The second-order valence-electron chi connectivity index (χ2n) is 7.11. The molecule has 5 nitrogen and oxygen atoms in total. The van der Waals surface area contributed by atoms with Crippen LogP contribution in [0.3, 0.4) is 0 Å². The van der Waals surface area contributed by atoms with Crippen molar-refractivity contribution in [3.8, 4) is 0 Å². The number of hydrogen-bond acceptors (Lipinski definition) is 4. The Labute approximate surface area is 194 Å². The first-order valence-electron chi connectivity index (χ1n) is 9.83. The summed E-state index contributed by atoms with van der Waals surface area (Å²) in [4.78, 5) is 29.4. The topological polar surface area (TPSA) is 71.1 Å². The molecule has 7 heteroatoms. The molecule has 1 aromatic heterocycles. The number of aromatic nitrogens is 1. The molecule has 0 aliphatic heterocycles. The number of carbonyl (C=O) groups is 2. The minimum atomic E-state index is -0.264. The summed E-state index contributed by atoms with van der Waals surface area (Å²) in [6.07, 6.45) is 4.00. The Kier molecular flexibility index (Phi) is 9.56. The van der Waals surface area contributed by atoms with Crippen LogP contribution in [0.15, 0.2) is 79.1 Å². The van der Waals surface area contributed by atoms with Crippen molar-refractivity contribution in [2.75, 3.05) is 11.1 Å². The molecular formula is C24H26ClN3O2S. The monoisotopic (exact) mass is 455 g/mol. The maximum absolute atomic E-state index is 12.7. The van der Waals surface area contributed by atoms with E-state index < -0.39 is 0 Å². The lowest BCUT2D eigenvalue weighted by Gasteiger charge is -2.16. The number of hydrogen-bond donors (Lipinski definition) is 3. The summed E-state index contributed by atoms with van der Waals surface area (Å²) in [5.74, 6) is -0.147. The quantitative estimate of drug-likeness (QED) is 0.430. The van der Waals surface area contributed by atoms with Crippen LogP contribution in [-0.2, 0) is 11.2 Å². The highest BCUT2D eigenvalue weighted by atomic mass is 35.5. The Morgan fingerprint density at radius 2 is 1.71 bits per heavy atom. The lowest BCUT2D eigenvalue weighted by atomic mass is 10.00. The van der Waals surface area contributed by atoms with Crippen molar-refractivity contribution in [3.63, 3.8) is 0 Å². The predicted molar refractivity (Wildman–Crippen MR) is 130 cm³/mol. The molecule has 0 bridgehead atoms. The summed E-state index contributed by atoms with van der Waals surface area (Å²) in [6.45, 7) is 1.92. The molecule has 162 valence electrons. The molecule has 3 aromatic rings. The van der Waals surface area contributed by atoms with E-state index in [2.05, 4.69) is 28.2 Å². The molecule has 2 atom stereocenters. The van der Waals surface area contributed by atoms with Crippen molar-refractivity contribution in [1.29, 1.82) is 0 Å². The molecule has 0 saturated heterocycles. The molecule has 0 aliphatic carbocycles. The molecule has 0 radical (unpaired) electrons. The fraction of sp³-hybridized carbons (Fsp3) is 0.208.